The highest BCUT2D eigenvalue weighted by molar-refractivity contribution is 5.73. The minimum absolute atomic E-state index is 0.266. The van der Waals surface area contributed by atoms with Crippen molar-refractivity contribution in [3.05, 3.63) is 0 Å². The van der Waals surface area contributed by atoms with E-state index in [1.807, 2.05) is 13.8 Å². The topological polar surface area (TPSA) is 72.5 Å². The van der Waals surface area contributed by atoms with Crippen LogP contribution in [0.3, 0.4) is 0 Å². The SMILES string of the molecule is CC(C)COC(=O)C(N)O. The second-order valence-electron chi connectivity index (χ2n) is 2.47. The molecule has 0 aromatic carbocycles. The zero-order chi connectivity index (χ0) is 8.15. The molecule has 4 nitrogen and oxygen atoms in total. The summed E-state index contributed by atoms with van der Waals surface area (Å²) in [6.45, 7) is 4.10. The molecule has 0 aliphatic rings. The molecule has 0 aromatic rings. The third-order valence-electron chi connectivity index (χ3n) is 0.800. The van der Waals surface area contributed by atoms with Crippen LogP contribution in [0.5, 0.6) is 0 Å². The first-order valence-electron chi connectivity index (χ1n) is 3.14. The minimum Gasteiger partial charge on any atom is -0.462 e. The lowest BCUT2D eigenvalue weighted by Gasteiger charge is -2.07. The summed E-state index contributed by atoms with van der Waals surface area (Å²) in [4.78, 5) is 10.5. The zero-order valence-electron chi connectivity index (χ0n) is 6.20. The van der Waals surface area contributed by atoms with Crippen LogP contribution in [-0.4, -0.2) is 23.9 Å². The van der Waals surface area contributed by atoms with E-state index in [-0.39, 0.29) is 5.92 Å². The van der Waals surface area contributed by atoms with Crippen molar-refractivity contribution in [3.8, 4) is 0 Å². The molecule has 10 heavy (non-hydrogen) atoms. The standard InChI is InChI=1S/C6H13NO3/c1-4(2)3-10-6(9)5(7)8/h4-5,8H,3,7H2,1-2H3. The van der Waals surface area contributed by atoms with Gasteiger partial charge in [-0.05, 0) is 5.92 Å². The van der Waals surface area contributed by atoms with Gasteiger partial charge in [0.15, 0.2) is 0 Å². The zero-order valence-corrected chi connectivity index (χ0v) is 6.20. The van der Waals surface area contributed by atoms with Gasteiger partial charge in [0, 0.05) is 0 Å². The molecule has 1 atom stereocenters. The van der Waals surface area contributed by atoms with Crippen molar-refractivity contribution >= 4 is 5.97 Å². The van der Waals surface area contributed by atoms with Crippen molar-refractivity contribution in [1.82, 2.24) is 0 Å². The third-order valence-corrected chi connectivity index (χ3v) is 0.800. The first kappa shape index (κ1) is 9.39. The van der Waals surface area contributed by atoms with E-state index < -0.39 is 12.2 Å². The smallest absolute Gasteiger partial charge is 0.350 e. The third kappa shape index (κ3) is 4.29. The number of rotatable bonds is 3. The average molecular weight is 147 g/mol. The maximum Gasteiger partial charge on any atom is 0.350 e. The van der Waals surface area contributed by atoms with Gasteiger partial charge in [-0.15, -0.1) is 0 Å². The Morgan fingerprint density at radius 3 is 2.50 bits per heavy atom. The van der Waals surface area contributed by atoms with E-state index in [0.29, 0.717) is 6.61 Å². The molecule has 60 valence electrons. The van der Waals surface area contributed by atoms with Gasteiger partial charge in [0.1, 0.15) is 0 Å². The molecule has 0 spiro atoms. The Morgan fingerprint density at radius 2 is 2.20 bits per heavy atom. The lowest BCUT2D eigenvalue weighted by Crippen LogP contribution is -2.32. The van der Waals surface area contributed by atoms with Gasteiger partial charge < -0.3 is 9.84 Å². The summed E-state index contributed by atoms with van der Waals surface area (Å²) < 4.78 is 4.55. The monoisotopic (exact) mass is 147 g/mol. The van der Waals surface area contributed by atoms with Gasteiger partial charge in [0.25, 0.3) is 0 Å². The van der Waals surface area contributed by atoms with Gasteiger partial charge in [0.2, 0.25) is 6.23 Å². The molecule has 0 saturated heterocycles. The Bertz CT molecular complexity index is 112. The van der Waals surface area contributed by atoms with Crippen molar-refractivity contribution in [2.45, 2.75) is 20.1 Å². The van der Waals surface area contributed by atoms with E-state index in [0.717, 1.165) is 0 Å². The summed E-state index contributed by atoms with van der Waals surface area (Å²) in [6, 6.07) is 0. The van der Waals surface area contributed by atoms with Gasteiger partial charge in [0.05, 0.1) is 6.61 Å². The van der Waals surface area contributed by atoms with Crippen LogP contribution in [0.25, 0.3) is 0 Å². The Balaban J connectivity index is 3.40. The van der Waals surface area contributed by atoms with Crippen molar-refractivity contribution in [2.24, 2.45) is 11.7 Å². The molecule has 1 unspecified atom stereocenters. The van der Waals surface area contributed by atoms with Crippen molar-refractivity contribution < 1.29 is 14.6 Å². The highest BCUT2D eigenvalue weighted by Crippen LogP contribution is 1.92. The van der Waals surface area contributed by atoms with Crippen LogP contribution >= 0.6 is 0 Å². The van der Waals surface area contributed by atoms with Crippen LogP contribution in [0.4, 0.5) is 0 Å². The first-order chi connectivity index (χ1) is 4.54. The Hall–Kier alpha value is -0.610. The van der Waals surface area contributed by atoms with E-state index in [2.05, 4.69) is 4.74 Å². The maximum atomic E-state index is 10.5. The Morgan fingerprint density at radius 1 is 1.70 bits per heavy atom. The molecule has 0 aliphatic carbocycles. The highest BCUT2D eigenvalue weighted by atomic mass is 16.5. The molecule has 0 aliphatic heterocycles. The summed E-state index contributed by atoms with van der Waals surface area (Å²) in [5, 5.41) is 8.44. The van der Waals surface area contributed by atoms with E-state index in [1.54, 1.807) is 0 Å². The summed E-state index contributed by atoms with van der Waals surface area (Å²) in [7, 11) is 0. The normalized spacial score (nSPS) is 13.3. The van der Waals surface area contributed by atoms with Crippen molar-refractivity contribution in [3.63, 3.8) is 0 Å². The molecule has 0 fully saturated rings. The molecule has 0 radical (unpaired) electrons. The van der Waals surface area contributed by atoms with Crippen LogP contribution in [-0.2, 0) is 9.53 Å². The minimum atomic E-state index is -1.50. The second kappa shape index (κ2) is 4.24. The molecule has 0 amide bonds. The second-order valence-corrected chi connectivity index (χ2v) is 2.47. The largest absolute Gasteiger partial charge is 0.462 e. The van der Waals surface area contributed by atoms with E-state index in [9.17, 15) is 4.79 Å². The van der Waals surface area contributed by atoms with E-state index in [1.165, 1.54) is 0 Å². The molecule has 0 saturated carbocycles. The molecular formula is C6H13NO3. The average Bonchev–Trinajstić information content (AvgIpc) is 1.82. The lowest BCUT2D eigenvalue weighted by atomic mass is 10.2. The summed E-state index contributed by atoms with van der Waals surface area (Å²) >= 11 is 0. The van der Waals surface area contributed by atoms with Gasteiger partial charge >= 0.3 is 5.97 Å². The van der Waals surface area contributed by atoms with Gasteiger partial charge in [-0.2, -0.15) is 0 Å². The molecule has 0 aromatic heterocycles. The molecule has 0 bridgehead atoms. The summed E-state index contributed by atoms with van der Waals surface area (Å²) in [6.07, 6.45) is -1.50. The maximum absolute atomic E-state index is 10.5. The number of esters is 1. The fourth-order valence-electron chi connectivity index (χ4n) is 0.334. The molecule has 4 heteroatoms. The summed E-state index contributed by atoms with van der Waals surface area (Å²) in [5.74, 6) is -0.503. The Kier molecular flexibility index (Phi) is 3.99. The van der Waals surface area contributed by atoms with Crippen molar-refractivity contribution in [1.29, 1.82) is 0 Å². The number of carbonyl (C=O) groups excluding carboxylic acids is 1. The fraction of sp³-hybridized carbons (Fsp3) is 0.833. The van der Waals surface area contributed by atoms with Gasteiger partial charge in [-0.1, -0.05) is 13.8 Å². The van der Waals surface area contributed by atoms with E-state index >= 15 is 0 Å². The molecule has 3 N–H and O–H groups in total. The van der Waals surface area contributed by atoms with Crippen LogP contribution in [0.15, 0.2) is 0 Å². The van der Waals surface area contributed by atoms with Gasteiger partial charge in [-0.25, -0.2) is 4.79 Å². The number of carbonyl (C=O) groups is 1. The van der Waals surface area contributed by atoms with E-state index in [4.69, 9.17) is 10.8 Å². The quantitative estimate of drug-likeness (QED) is 0.415. The number of aliphatic hydroxyl groups excluding tert-OH is 1. The number of hydrogen-bond acceptors (Lipinski definition) is 4. The first-order valence-corrected chi connectivity index (χ1v) is 3.14. The molecule has 0 rings (SSSR count). The van der Waals surface area contributed by atoms with Crippen LogP contribution in [0, 0.1) is 5.92 Å². The van der Waals surface area contributed by atoms with Crippen LogP contribution < -0.4 is 5.73 Å². The number of ether oxygens (including phenoxy) is 1. The van der Waals surface area contributed by atoms with Crippen LogP contribution in [0.2, 0.25) is 0 Å². The fourth-order valence-corrected chi connectivity index (χ4v) is 0.334. The Labute approximate surface area is 60.0 Å². The predicted molar refractivity (Wildman–Crippen MR) is 36.0 cm³/mol. The highest BCUT2D eigenvalue weighted by Gasteiger charge is 2.10. The van der Waals surface area contributed by atoms with Crippen molar-refractivity contribution in [2.75, 3.05) is 6.61 Å². The molecule has 0 heterocycles. The lowest BCUT2D eigenvalue weighted by molar-refractivity contribution is -0.154. The number of nitrogens with two attached hydrogens (primary N) is 1. The van der Waals surface area contributed by atoms with Crippen LogP contribution in [0.1, 0.15) is 13.8 Å². The molecular weight excluding hydrogens is 134 g/mol. The summed E-state index contributed by atoms with van der Waals surface area (Å²) in [5.41, 5.74) is 4.80. The van der Waals surface area contributed by atoms with Gasteiger partial charge in [-0.3, -0.25) is 5.73 Å². The number of aliphatic hydroxyl groups is 1. The predicted octanol–water partition coefficient (Wildman–Crippen LogP) is -0.537. The number of hydrogen-bond donors (Lipinski definition) is 2.